The largest absolute Gasteiger partial charge is 0.463 e. The van der Waals surface area contributed by atoms with Gasteiger partial charge in [-0.25, -0.2) is 9.78 Å². The van der Waals surface area contributed by atoms with Crippen LogP contribution in [0.2, 0.25) is 0 Å². The first-order valence-corrected chi connectivity index (χ1v) is 8.90. The molecule has 1 unspecified atom stereocenters. The molecule has 0 saturated heterocycles. The van der Waals surface area contributed by atoms with Gasteiger partial charge in [0.05, 0.1) is 35.8 Å². The van der Waals surface area contributed by atoms with Crippen LogP contribution < -0.4 is 5.32 Å². The highest BCUT2D eigenvalue weighted by Gasteiger charge is 2.35. The number of aromatic nitrogens is 2. The fourth-order valence-electron chi connectivity index (χ4n) is 3.33. The van der Waals surface area contributed by atoms with Crippen molar-refractivity contribution < 1.29 is 19.4 Å². The van der Waals surface area contributed by atoms with Gasteiger partial charge in [-0.15, -0.1) is 0 Å². The van der Waals surface area contributed by atoms with Gasteiger partial charge < -0.3 is 14.6 Å². The zero-order chi connectivity index (χ0) is 21.1. The Morgan fingerprint density at radius 3 is 2.76 bits per heavy atom. The van der Waals surface area contributed by atoms with Gasteiger partial charge in [0, 0.05) is 28.4 Å². The molecule has 3 rings (SSSR count). The molecule has 0 bridgehead atoms. The number of carbonyl (C=O) groups is 1. The summed E-state index contributed by atoms with van der Waals surface area (Å²) >= 11 is 0. The van der Waals surface area contributed by atoms with Gasteiger partial charge in [-0.1, -0.05) is 12.1 Å². The molecule has 2 heterocycles. The van der Waals surface area contributed by atoms with Crippen molar-refractivity contribution in [3.05, 3.63) is 73.2 Å². The van der Waals surface area contributed by atoms with Crippen molar-refractivity contribution in [1.29, 1.82) is 0 Å². The molecule has 1 N–H and O–H groups in total. The Morgan fingerprint density at radius 2 is 2.10 bits per heavy atom. The summed E-state index contributed by atoms with van der Waals surface area (Å²) in [4.78, 5) is 38.1. The number of imidazole rings is 1. The number of nitro groups is 2. The maximum Gasteiger partial charge on any atom is 0.338 e. The van der Waals surface area contributed by atoms with Crippen molar-refractivity contribution in [2.24, 2.45) is 0 Å². The lowest BCUT2D eigenvalue weighted by Gasteiger charge is -2.30. The van der Waals surface area contributed by atoms with E-state index in [1.807, 2.05) is 0 Å². The third-order valence-electron chi connectivity index (χ3n) is 4.55. The van der Waals surface area contributed by atoms with Crippen molar-refractivity contribution >= 4 is 17.6 Å². The molecule has 11 nitrogen and oxygen atoms in total. The van der Waals surface area contributed by atoms with Crippen LogP contribution in [0.15, 0.2) is 41.7 Å². The van der Waals surface area contributed by atoms with E-state index < -0.39 is 21.9 Å². The molecule has 2 aromatic rings. The lowest BCUT2D eigenvalue weighted by molar-refractivity contribution is -0.479. The molecule has 1 atom stereocenters. The SMILES string of the molecule is CCOC(=O)C1=C(C)Nc2ncc(CC[N+](=O)[O-])n2C1c1cccc([N+](=O)[O-])c1. The topological polar surface area (TPSA) is 142 Å². The smallest absolute Gasteiger partial charge is 0.338 e. The minimum absolute atomic E-state index is 0.0856. The number of ether oxygens (including phenoxy) is 1. The monoisotopic (exact) mass is 401 g/mol. The number of fused-ring (bicyclic) bond motifs is 1. The fourth-order valence-corrected chi connectivity index (χ4v) is 3.33. The summed E-state index contributed by atoms with van der Waals surface area (Å²) in [6.45, 7) is 3.20. The predicted octanol–water partition coefficient (Wildman–Crippen LogP) is 2.46. The third-order valence-corrected chi connectivity index (χ3v) is 4.55. The summed E-state index contributed by atoms with van der Waals surface area (Å²) in [5, 5.41) is 25.1. The first-order valence-electron chi connectivity index (χ1n) is 8.90. The molecule has 0 fully saturated rings. The van der Waals surface area contributed by atoms with Crippen LogP contribution in [-0.2, 0) is 16.0 Å². The van der Waals surface area contributed by atoms with Crippen LogP contribution >= 0.6 is 0 Å². The number of nitrogens with one attached hydrogen (secondary N) is 1. The molecule has 1 aromatic heterocycles. The molecule has 0 aliphatic carbocycles. The van der Waals surface area contributed by atoms with E-state index in [2.05, 4.69) is 10.3 Å². The highest BCUT2D eigenvalue weighted by Crippen LogP contribution is 2.38. The lowest BCUT2D eigenvalue weighted by atomic mass is 9.94. The van der Waals surface area contributed by atoms with Crippen LogP contribution in [0.3, 0.4) is 0 Å². The highest BCUT2D eigenvalue weighted by atomic mass is 16.6. The molecule has 1 aliphatic rings. The van der Waals surface area contributed by atoms with Gasteiger partial charge in [0.15, 0.2) is 0 Å². The summed E-state index contributed by atoms with van der Waals surface area (Å²) in [5.74, 6) is -0.181. The Hall–Kier alpha value is -3.76. The molecule has 11 heteroatoms. The quantitative estimate of drug-likeness (QED) is 0.423. The number of carbonyl (C=O) groups excluding carboxylic acids is 1. The van der Waals surface area contributed by atoms with Gasteiger partial charge in [0.25, 0.3) is 5.69 Å². The van der Waals surface area contributed by atoms with E-state index in [0.717, 1.165) is 0 Å². The van der Waals surface area contributed by atoms with Crippen LogP contribution in [0.1, 0.15) is 31.1 Å². The van der Waals surface area contributed by atoms with E-state index in [0.29, 0.717) is 22.9 Å². The van der Waals surface area contributed by atoms with Crippen LogP contribution in [-0.4, -0.2) is 38.5 Å². The van der Waals surface area contributed by atoms with Crippen LogP contribution in [0.25, 0.3) is 0 Å². The van der Waals surface area contributed by atoms with Crippen LogP contribution in [0, 0.1) is 20.2 Å². The number of allylic oxidation sites excluding steroid dienone is 1. The van der Waals surface area contributed by atoms with Gasteiger partial charge in [0.1, 0.15) is 0 Å². The van der Waals surface area contributed by atoms with E-state index in [-0.39, 0.29) is 30.8 Å². The fraction of sp³-hybridized carbons (Fsp3) is 0.333. The first kappa shape index (κ1) is 20.0. The van der Waals surface area contributed by atoms with Gasteiger partial charge >= 0.3 is 5.97 Å². The second-order valence-corrected chi connectivity index (χ2v) is 6.39. The Kier molecular flexibility index (Phi) is 5.57. The Bertz CT molecular complexity index is 1010. The highest BCUT2D eigenvalue weighted by molar-refractivity contribution is 5.92. The molecular formula is C18H19N5O6. The predicted molar refractivity (Wildman–Crippen MR) is 102 cm³/mol. The molecule has 0 amide bonds. The van der Waals surface area contributed by atoms with Crippen LogP contribution in [0.4, 0.5) is 11.6 Å². The average molecular weight is 401 g/mol. The number of benzene rings is 1. The Labute approximate surface area is 165 Å². The number of hydrogen-bond donors (Lipinski definition) is 1. The third kappa shape index (κ3) is 3.93. The van der Waals surface area contributed by atoms with Gasteiger partial charge in [0.2, 0.25) is 12.5 Å². The molecule has 152 valence electrons. The number of non-ortho nitro benzene ring substituents is 1. The number of anilines is 1. The molecule has 29 heavy (non-hydrogen) atoms. The van der Waals surface area contributed by atoms with Crippen molar-refractivity contribution in [2.45, 2.75) is 26.3 Å². The molecular weight excluding hydrogens is 382 g/mol. The normalized spacial score (nSPS) is 15.4. The molecule has 0 saturated carbocycles. The number of nitrogens with zero attached hydrogens (tertiary/aromatic N) is 4. The Balaban J connectivity index is 2.18. The Morgan fingerprint density at radius 1 is 1.34 bits per heavy atom. The van der Waals surface area contributed by atoms with Crippen molar-refractivity contribution in [1.82, 2.24) is 9.55 Å². The average Bonchev–Trinajstić information content (AvgIpc) is 3.07. The standard InChI is InChI=1S/C18H19N5O6/c1-3-29-17(24)15-11(2)20-18-19-10-14(7-8-21(25)26)22(18)16(15)12-5-4-6-13(9-12)23(27)28/h4-6,9-10,16H,3,7-8H2,1-2H3,(H,19,20). The minimum atomic E-state index is -0.769. The van der Waals surface area contributed by atoms with E-state index in [1.165, 1.54) is 24.4 Å². The maximum atomic E-state index is 12.7. The first-order chi connectivity index (χ1) is 13.8. The van der Waals surface area contributed by atoms with E-state index >= 15 is 0 Å². The second kappa shape index (κ2) is 8.09. The maximum absolute atomic E-state index is 12.7. The van der Waals surface area contributed by atoms with Gasteiger partial charge in [-0.3, -0.25) is 20.2 Å². The molecule has 0 spiro atoms. The molecule has 1 aliphatic heterocycles. The summed E-state index contributed by atoms with van der Waals surface area (Å²) in [7, 11) is 0. The van der Waals surface area contributed by atoms with Crippen molar-refractivity contribution in [3.63, 3.8) is 0 Å². The lowest BCUT2D eigenvalue weighted by Crippen LogP contribution is -2.30. The van der Waals surface area contributed by atoms with E-state index in [1.54, 1.807) is 24.5 Å². The minimum Gasteiger partial charge on any atom is -0.463 e. The van der Waals surface area contributed by atoms with Crippen molar-refractivity contribution in [2.75, 3.05) is 18.5 Å². The summed E-state index contributed by atoms with van der Waals surface area (Å²) in [5.41, 5.74) is 1.63. The van der Waals surface area contributed by atoms with Crippen molar-refractivity contribution in [3.8, 4) is 0 Å². The number of hydrogen-bond acceptors (Lipinski definition) is 8. The zero-order valence-electron chi connectivity index (χ0n) is 15.8. The summed E-state index contributed by atoms with van der Waals surface area (Å²) < 4.78 is 6.85. The summed E-state index contributed by atoms with van der Waals surface area (Å²) in [6.07, 6.45) is 1.58. The molecule has 0 radical (unpaired) electrons. The van der Waals surface area contributed by atoms with E-state index in [4.69, 9.17) is 4.74 Å². The number of rotatable bonds is 7. The van der Waals surface area contributed by atoms with Gasteiger partial charge in [-0.05, 0) is 19.4 Å². The molecule has 1 aromatic carbocycles. The summed E-state index contributed by atoms with van der Waals surface area (Å²) in [6, 6.07) is 5.16. The van der Waals surface area contributed by atoms with Crippen LogP contribution in [0.5, 0.6) is 0 Å². The second-order valence-electron chi connectivity index (χ2n) is 6.39. The number of esters is 1. The van der Waals surface area contributed by atoms with E-state index in [9.17, 15) is 25.0 Å². The zero-order valence-corrected chi connectivity index (χ0v) is 15.8. The van der Waals surface area contributed by atoms with Gasteiger partial charge in [-0.2, -0.15) is 0 Å². The number of nitro benzene ring substituents is 1.